The standard InChI is InChI=1S/C26H35NO5/c1-8-13(2)14-9-10-25(6)18-17(16(28)12-26(14,25)7)24(5)11-15(27-32)22(31)23(3,4)21(24)20(30)19(18)29/h8,13-14,22,30-32H,1,9-12H2,2-7H3. The Labute approximate surface area is 189 Å². The molecule has 0 amide bonds. The molecule has 0 aromatic carbocycles. The molecule has 4 rings (SSSR count). The summed E-state index contributed by atoms with van der Waals surface area (Å²) in [5.41, 5.74) is -1.74. The fourth-order valence-electron chi connectivity index (χ4n) is 7.90. The summed E-state index contributed by atoms with van der Waals surface area (Å²) in [5, 5.41) is 35.1. The van der Waals surface area contributed by atoms with E-state index < -0.39 is 33.5 Å². The molecule has 0 spiro atoms. The molecule has 4 aliphatic carbocycles. The first-order chi connectivity index (χ1) is 14.7. The minimum atomic E-state index is -1.17. The molecule has 2 fully saturated rings. The van der Waals surface area contributed by atoms with Gasteiger partial charge in [0.1, 0.15) is 6.10 Å². The van der Waals surface area contributed by atoms with Gasteiger partial charge in [-0.25, -0.2) is 0 Å². The average Bonchev–Trinajstić information content (AvgIpc) is 2.98. The summed E-state index contributed by atoms with van der Waals surface area (Å²) in [4.78, 5) is 27.7. The van der Waals surface area contributed by atoms with Crippen LogP contribution in [0.1, 0.15) is 67.2 Å². The van der Waals surface area contributed by atoms with Gasteiger partial charge < -0.3 is 15.4 Å². The van der Waals surface area contributed by atoms with Crippen LogP contribution in [0.3, 0.4) is 0 Å². The van der Waals surface area contributed by atoms with Crippen molar-refractivity contribution in [2.45, 2.75) is 73.3 Å². The molecule has 32 heavy (non-hydrogen) atoms. The van der Waals surface area contributed by atoms with E-state index in [0.717, 1.165) is 12.8 Å². The van der Waals surface area contributed by atoms with Gasteiger partial charge in [-0.15, -0.1) is 6.58 Å². The molecular formula is C26H35NO5. The highest BCUT2D eigenvalue weighted by Gasteiger charge is 2.67. The lowest BCUT2D eigenvalue weighted by atomic mass is 9.45. The number of aliphatic hydroxyl groups is 2. The van der Waals surface area contributed by atoms with Gasteiger partial charge in [-0.2, -0.15) is 0 Å². The van der Waals surface area contributed by atoms with E-state index in [1.165, 1.54) is 0 Å². The van der Waals surface area contributed by atoms with Crippen molar-refractivity contribution in [3.8, 4) is 0 Å². The van der Waals surface area contributed by atoms with Crippen LogP contribution in [-0.4, -0.2) is 38.8 Å². The lowest BCUT2D eigenvalue weighted by Crippen LogP contribution is -2.58. The Bertz CT molecular complexity index is 1030. The molecule has 2 saturated carbocycles. The number of hydrogen-bond acceptors (Lipinski definition) is 6. The first kappa shape index (κ1) is 23.0. The van der Waals surface area contributed by atoms with Crippen molar-refractivity contribution in [3.63, 3.8) is 0 Å². The monoisotopic (exact) mass is 441 g/mol. The zero-order chi connectivity index (χ0) is 24.0. The number of carbonyl (C=O) groups is 2. The van der Waals surface area contributed by atoms with E-state index >= 15 is 0 Å². The van der Waals surface area contributed by atoms with Gasteiger partial charge >= 0.3 is 0 Å². The molecule has 6 atom stereocenters. The van der Waals surface area contributed by atoms with Crippen LogP contribution in [0.25, 0.3) is 0 Å². The number of aliphatic hydroxyl groups excluding tert-OH is 2. The maximum atomic E-state index is 13.9. The SMILES string of the molecule is C=CC(C)C1CCC2(C)C3=C(C(=O)CC12C)C1(C)CC(=NO)C(O)C(C)(C)C1=C(O)C3=O. The molecule has 4 aliphatic rings. The minimum absolute atomic E-state index is 0.0740. The average molecular weight is 442 g/mol. The number of allylic oxidation sites excluding steroid dienone is 3. The Morgan fingerprint density at radius 2 is 1.75 bits per heavy atom. The van der Waals surface area contributed by atoms with E-state index in [1.54, 1.807) is 13.8 Å². The predicted molar refractivity (Wildman–Crippen MR) is 121 cm³/mol. The number of rotatable bonds is 2. The Kier molecular flexibility index (Phi) is 4.78. The van der Waals surface area contributed by atoms with Crippen LogP contribution >= 0.6 is 0 Å². The Balaban J connectivity index is 2.01. The van der Waals surface area contributed by atoms with E-state index in [0.29, 0.717) is 23.1 Å². The number of nitrogens with zero attached hydrogens (tertiary/aromatic N) is 1. The summed E-state index contributed by atoms with van der Waals surface area (Å²) in [6.07, 6.45) is 2.76. The Hall–Kier alpha value is -2.21. The lowest BCUT2D eigenvalue weighted by molar-refractivity contribution is -0.128. The zero-order valence-corrected chi connectivity index (χ0v) is 20.0. The van der Waals surface area contributed by atoms with E-state index in [2.05, 4.69) is 32.5 Å². The highest BCUT2D eigenvalue weighted by molar-refractivity contribution is 6.18. The van der Waals surface area contributed by atoms with Crippen molar-refractivity contribution in [1.82, 2.24) is 0 Å². The van der Waals surface area contributed by atoms with E-state index in [4.69, 9.17) is 0 Å². The molecule has 0 aliphatic heterocycles. The minimum Gasteiger partial charge on any atom is -0.504 e. The summed E-state index contributed by atoms with van der Waals surface area (Å²) in [6.45, 7) is 15.5. The number of fused-ring (bicyclic) bond motifs is 4. The van der Waals surface area contributed by atoms with Crippen molar-refractivity contribution < 1.29 is 25.0 Å². The molecular weight excluding hydrogens is 406 g/mol. The molecule has 0 heterocycles. The van der Waals surface area contributed by atoms with Crippen molar-refractivity contribution in [3.05, 3.63) is 35.1 Å². The molecule has 6 heteroatoms. The van der Waals surface area contributed by atoms with Gasteiger partial charge in [-0.1, -0.05) is 52.8 Å². The van der Waals surface area contributed by atoms with Crippen LogP contribution in [-0.2, 0) is 9.59 Å². The third-order valence-electron chi connectivity index (χ3n) is 9.74. The van der Waals surface area contributed by atoms with E-state index in [-0.39, 0.29) is 35.5 Å². The smallest absolute Gasteiger partial charge is 0.224 e. The summed E-state index contributed by atoms with van der Waals surface area (Å²) < 4.78 is 0. The van der Waals surface area contributed by atoms with Crippen molar-refractivity contribution in [2.24, 2.45) is 38.7 Å². The van der Waals surface area contributed by atoms with Crippen LogP contribution in [0, 0.1) is 33.5 Å². The van der Waals surface area contributed by atoms with Crippen LogP contribution in [0.2, 0.25) is 0 Å². The fourth-order valence-corrected chi connectivity index (χ4v) is 7.90. The van der Waals surface area contributed by atoms with Crippen LogP contribution < -0.4 is 0 Å². The molecule has 0 radical (unpaired) electrons. The fraction of sp³-hybridized carbons (Fsp3) is 0.654. The molecule has 0 aromatic heterocycles. The topological polar surface area (TPSA) is 107 Å². The first-order valence-corrected chi connectivity index (χ1v) is 11.5. The second-order valence-electron chi connectivity index (χ2n) is 11.6. The van der Waals surface area contributed by atoms with Gasteiger partial charge in [-0.05, 0) is 35.7 Å². The number of hydrogen-bond donors (Lipinski definition) is 3. The van der Waals surface area contributed by atoms with Crippen LogP contribution in [0.5, 0.6) is 0 Å². The highest BCUT2D eigenvalue weighted by atomic mass is 16.4. The summed E-state index contributed by atoms with van der Waals surface area (Å²) >= 11 is 0. The third kappa shape index (κ3) is 2.42. The molecule has 6 unspecified atom stereocenters. The maximum absolute atomic E-state index is 13.9. The highest BCUT2D eigenvalue weighted by Crippen LogP contribution is 2.70. The molecule has 0 aromatic rings. The lowest BCUT2D eigenvalue weighted by Gasteiger charge is -2.57. The largest absolute Gasteiger partial charge is 0.504 e. The summed E-state index contributed by atoms with van der Waals surface area (Å²) in [7, 11) is 0. The second-order valence-corrected chi connectivity index (χ2v) is 11.6. The molecule has 174 valence electrons. The molecule has 0 bridgehead atoms. The van der Waals surface area contributed by atoms with Gasteiger partial charge in [0.05, 0.1) is 5.71 Å². The van der Waals surface area contributed by atoms with Gasteiger partial charge in [0.2, 0.25) is 5.78 Å². The predicted octanol–water partition coefficient (Wildman–Crippen LogP) is 4.52. The normalized spacial score (nSPS) is 43.2. The third-order valence-corrected chi connectivity index (χ3v) is 9.74. The van der Waals surface area contributed by atoms with Gasteiger partial charge in [-0.3, -0.25) is 9.59 Å². The van der Waals surface area contributed by atoms with Crippen molar-refractivity contribution in [1.29, 1.82) is 0 Å². The molecule has 6 nitrogen and oxygen atoms in total. The van der Waals surface area contributed by atoms with E-state index in [1.807, 2.05) is 13.0 Å². The van der Waals surface area contributed by atoms with Crippen LogP contribution in [0.15, 0.2) is 40.3 Å². The van der Waals surface area contributed by atoms with Crippen LogP contribution in [0.4, 0.5) is 0 Å². The van der Waals surface area contributed by atoms with Gasteiger partial charge in [0, 0.05) is 40.2 Å². The van der Waals surface area contributed by atoms with E-state index in [9.17, 15) is 25.0 Å². The van der Waals surface area contributed by atoms with Crippen molar-refractivity contribution >= 4 is 17.3 Å². The Morgan fingerprint density at radius 1 is 1.12 bits per heavy atom. The maximum Gasteiger partial charge on any atom is 0.224 e. The Morgan fingerprint density at radius 3 is 2.31 bits per heavy atom. The number of ketones is 2. The zero-order valence-electron chi connectivity index (χ0n) is 20.0. The van der Waals surface area contributed by atoms with Crippen molar-refractivity contribution in [2.75, 3.05) is 0 Å². The number of oxime groups is 1. The second kappa shape index (κ2) is 6.66. The van der Waals surface area contributed by atoms with Gasteiger partial charge in [0.25, 0.3) is 0 Å². The molecule has 3 N–H and O–H groups in total. The number of carbonyl (C=O) groups excluding carboxylic acids is 2. The quantitative estimate of drug-likeness (QED) is 0.332. The van der Waals surface area contributed by atoms with Gasteiger partial charge in [0.15, 0.2) is 11.5 Å². The summed E-state index contributed by atoms with van der Waals surface area (Å²) in [6, 6.07) is 0. The summed E-state index contributed by atoms with van der Waals surface area (Å²) in [5.74, 6) is -0.553. The number of Topliss-reactive ketones (excluding diaryl/α,β-unsaturated/α-hetero) is 2. The first-order valence-electron chi connectivity index (χ1n) is 11.5. The molecule has 0 saturated heterocycles.